The van der Waals surface area contributed by atoms with E-state index in [-0.39, 0.29) is 23.6 Å². The first-order valence-corrected chi connectivity index (χ1v) is 9.22. The maximum absolute atomic E-state index is 9.99. The molecule has 0 spiro atoms. The second-order valence-electron chi connectivity index (χ2n) is 6.99. The Morgan fingerprint density at radius 1 is 1.28 bits per heavy atom. The standard InChI is InChI=1S/C19H17N5S/c1-24-12-2-3-15(24)16-13(6-12)14(7-20)18(23)19(9-21,10-22)17(16)11-4-5-25-8-11/h4-6,8,12,15-17H,2-3,23H2,1H3/t12-,15-,16-,17-/m0/s1. The number of nitrogens with two attached hydrogens (primary N) is 1. The molecule has 4 atom stereocenters. The summed E-state index contributed by atoms with van der Waals surface area (Å²) in [5, 5.41) is 33.7. The van der Waals surface area contributed by atoms with Gasteiger partial charge >= 0.3 is 0 Å². The summed E-state index contributed by atoms with van der Waals surface area (Å²) in [6.07, 6.45) is 4.16. The van der Waals surface area contributed by atoms with Gasteiger partial charge in [0.05, 0.1) is 23.4 Å². The number of thiophene rings is 1. The van der Waals surface area contributed by atoms with E-state index in [0.717, 1.165) is 24.0 Å². The highest BCUT2D eigenvalue weighted by molar-refractivity contribution is 7.08. The Hall–Kier alpha value is -2.59. The summed E-state index contributed by atoms with van der Waals surface area (Å²) in [5.74, 6) is -0.428. The summed E-state index contributed by atoms with van der Waals surface area (Å²) < 4.78 is 0. The Labute approximate surface area is 150 Å². The van der Waals surface area contributed by atoms with Crippen molar-refractivity contribution < 1.29 is 0 Å². The topological polar surface area (TPSA) is 101 Å². The van der Waals surface area contributed by atoms with Crippen molar-refractivity contribution in [2.75, 3.05) is 7.05 Å². The molecule has 1 fully saturated rings. The minimum Gasteiger partial charge on any atom is -0.399 e. The van der Waals surface area contributed by atoms with Crippen molar-refractivity contribution in [3.05, 3.63) is 45.3 Å². The predicted molar refractivity (Wildman–Crippen MR) is 93.7 cm³/mol. The normalized spacial score (nSPS) is 33.0. The van der Waals surface area contributed by atoms with Crippen LogP contribution < -0.4 is 5.73 Å². The number of allylic oxidation sites excluding steroid dienone is 2. The van der Waals surface area contributed by atoms with Gasteiger partial charge in [0, 0.05) is 23.9 Å². The van der Waals surface area contributed by atoms with Gasteiger partial charge < -0.3 is 5.73 Å². The molecule has 1 aromatic rings. The van der Waals surface area contributed by atoms with Crippen LogP contribution in [0.3, 0.4) is 0 Å². The van der Waals surface area contributed by atoms with Crippen LogP contribution in [0.4, 0.5) is 0 Å². The van der Waals surface area contributed by atoms with Crippen LogP contribution in [-0.4, -0.2) is 24.0 Å². The predicted octanol–water partition coefficient (Wildman–Crippen LogP) is 2.63. The molecule has 0 radical (unpaired) electrons. The lowest BCUT2D eigenvalue weighted by Gasteiger charge is -2.48. The molecule has 3 heterocycles. The van der Waals surface area contributed by atoms with Gasteiger partial charge in [-0.2, -0.15) is 27.1 Å². The molecule has 2 aliphatic heterocycles. The smallest absolute Gasteiger partial charge is 0.191 e. The third kappa shape index (κ3) is 1.89. The van der Waals surface area contributed by atoms with E-state index in [1.165, 1.54) is 0 Å². The average molecular weight is 347 g/mol. The number of rotatable bonds is 1. The van der Waals surface area contributed by atoms with Gasteiger partial charge in [-0.3, -0.25) is 4.90 Å². The summed E-state index contributed by atoms with van der Waals surface area (Å²) in [6, 6.07) is 9.06. The van der Waals surface area contributed by atoms with Gasteiger partial charge in [0.1, 0.15) is 6.07 Å². The highest BCUT2D eigenvalue weighted by Gasteiger charge is 2.58. The first-order chi connectivity index (χ1) is 12.1. The first-order valence-electron chi connectivity index (χ1n) is 8.28. The van der Waals surface area contributed by atoms with Crippen molar-refractivity contribution in [3.63, 3.8) is 0 Å². The van der Waals surface area contributed by atoms with Crippen LogP contribution in [-0.2, 0) is 0 Å². The summed E-state index contributed by atoms with van der Waals surface area (Å²) >= 11 is 1.55. The van der Waals surface area contributed by atoms with Gasteiger partial charge in [-0.25, -0.2) is 0 Å². The first kappa shape index (κ1) is 15.9. The second-order valence-corrected chi connectivity index (χ2v) is 7.77. The molecule has 5 nitrogen and oxygen atoms in total. The zero-order valence-electron chi connectivity index (χ0n) is 13.8. The van der Waals surface area contributed by atoms with E-state index in [1.54, 1.807) is 11.3 Å². The maximum Gasteiger partial charge on any atom is 0.191 e. The van der Waals surface area contributed by atoms with Crippen molar-refractivity contribution in [2.24, 2.45) is 17.1 Å². The number of likely N-dealkylation sites (N-methyl/N-ethyl adjacent to an activating group) is 1. The highest BCUT2D eigenvalue weighted by Crippen LogP contribution is 2.58. The van der Waals surface area contributed by atoms with Crippen molar-refractivity contribution >= 4 is 11.3 Å². The molecule has 0 unspecified atom stereocenters. The molecule has 124 valence electrons. The molecule has 25 heavy (non-hydrogen) atoms. The van der Waals surface area contributed by atoms with Crippen molar-refractivity contribution in [1.82, 2.24) is 4.90 Å². The lowest BCUT2D eigenvalue weighted by Crippen LogP contribution is -2.51. The molecule has 0 amide bonds. The largest absolute Gasteiger partial charge is 0.399 e. The molecule has 4 rings (SSSR count). The highest BCUT2D eigenvalue weighted by atomic mass is 32.1. The van der Waals surface area contributed by atoms with Crippen LogP contribution in [0.1, 0.15) is 24.3 Å². The van der Waals surface area contributed by atoms with Gasteiger partial charge in [0.25, 0.3) is 0 Å². The van der Waals surface area contributed by atoms with Crippen molar-refractivity contribution in [3.8, 4) is 18.2 Å². The molecule has 0 saturated carbocycles. The third-order valence-electron chi connectivity index (χ3n) is 6.13. The second kappa shape index (κ2) is 5.46. The summed E-state index contributed by atoms with van der Waals surface area (Å²) in [4.78, 5) is 2.32. The summed E-state index contributed by atoms with van der Waals surface area (Å²) in [5.41, 5.74) is 7.14. The van der Waals surface area contributed by atoms with E-state index in [2.05, 4.69) is 36.2 Å². The number of nitriles is 3. The lowest BCUT2D eigenvalue weighted by molar-refractivity contribution is 0.161. The molecule has 2 N–H and O–H groups in total. The molecule has 1 aliphatic carbocycles. The molecule has 2 bridgehead atoms. The molecule has 3 aliphatic rings. The van der Waals surface area contributed by atoms with Gasteiger partial charge in [-0.1, -0.05) is 6.08 Å². The Balaban J connectivity index is 2.05. The van der Waals surface area contributed by atoms with E-state index >= 15 is 0 Å². The molecule has 1 saturated heterocycles. The average Bonchev–Trinajstić information content (AvgIpc) is 3.21. The summed E-state index contributed by atoms with van der Waals surface area (Å²) in [7, 11) is 2.09. The fraction of sp³-hybridized carbons (Fsp3) is 0.421. The number of hydrogen-bond donors (Lipinski definition) is 1. The minimum atomic E-state index is -1.51. The lowest BCUT2D eigenvalue weighted by atomic mass is 9.56. The van der Waals surface area contributed by atoms with E-state index in [1.807, 2.05) is 16.8 Å². The number of fused-ring (bicyclic) bond motifs is 4. The van der Waals surface area contributed by atoms with Gasteiger partial charge in [-0.15, -0.1) is 0 Å². The van der Waals surface area contributed by atoms with Crippen LogP contribution in [0.15, 0.2) is 39.7 Å². The van der Waals surface area contributed by atoms with Crippen molar-refractivity contribution in [2.45, 2.75) is 30.8 Å². The summed E-state index contributed by atoms with van der Waals surface area (Å²) in [6.45, 7) is 0. The minimum absolute atomic E-state index is 0.0698. The van der Waals surface area contributed by atoms with Crippen LogP contribution in [0, 0.1) is 45.3 Å². The van der Waals surface area contributed by atoms with Gasteiger partial charge in [0.2, 0.25) is 0 Å². The van der Waals surface area contributed by atoms with E-state index < -0.39 is 5.41 Å². The van der Waals surface area contributed by atoms with E-state index in [0.29, 0.717) is 11.6 Å². The van der Waals surface area contributed by atoms with Crippen LogP contribution in [0.2, 0.25) is 0 Å². The quantitative estimate of drug-likeness (QED) is 0.841. The van der Waals surface area contributed by atoms with E-state index in [9.17, 15) is 15.8 Å². The van der Waals surface area contributed by atoms with Crippen LogP contribution >= 0.6 is 11.3 Å². The SMILES string of the molecule is CN1[C@@H]2C=C3C(C#N)=C(N)C(C#N)(C#N)[C@@H](c4ccsc4)[C@@H]3[C@@H]1CC2. The maximum atomic E-state index is 9.99. The fourth-order valence-corrected chi connectivity index (χ4v) is 5.61. The third-order valence-corrected chi connectivity index (χ3v) is 6.83. The fourth-order valence-electron chi connectivity index (χ4n) is 4.91. The number of nitrogens with zero attached hydrogens (tertiary/aromatic N) is 4. The monoisotopic (exact) mass is 347 g/mol. The Kier molecular flexibility index (Phi) is 3.48. The van der Waals surface area contributed by atoms with Crippen LogP contribution in [0.5, 0.6) is 0 Å². The van der Waals surface area contributed by atoms with Crippen molar-refractivity contribution in [1.29, 1.82) is 15.8 Å². The molecule has 1 aromatic heterocycles. The molecule has 0 aromatic carbocycles. The van der Waals surface area contributed by atoms with Crippen LogP contribution in [0.25, 0.3) is 0 Å². The Bertz CT molecular complexity index is 891. The Morgan fingerprint density at radius 3 is 2.64 bits per heavy atom. The van der Waals surface area contributed by atoms with Gasteiger partial charge in [-0.05, 0) is 47.9 Å². The Morgan fingerprint density at radius 2 is 2.04 bits per heavy atom. The zero-order chi connectivity index (χ0) is 17.8. The van der Waals surface area contributed by atoms with E-state index in [4.69, 9.17) is 5.73 Å². The van der Waals surface area contributed by atoms with Gasteiger partial charge in [0.15, 0.2) is 5.41 Å². The molecular weight excluding hydrogens is 330 g/mol. The zero-order valence-corrected chi connectivity index (χ0v) is 14.6. The molecular formula is C19H17N5S. The molecule has 6 heteroatoms. The number of hydrogen-bond acceptors (Lipinski definition) is 6.